The van der Waals surface area contributed by atoms with Crippen molar-refractivity contribution >= 4 is 0 Å². The van der Waals surface area contributed by atoms with Crippen molar-refractivity contribution in [3.05, 3.63) is 29.8 Å². The van der Waals surface area contributed by atoms with Crippen LogP contribution >= 0.6 is 0 Å². The fraction of sp³-hybridized carbons (Fsp3) is 0.400. The molecule has 0 heterocycles. The maximum atomic E-state index is 9.42. The number of hydrogen-bond donors (Lipinski definition) is 3. The Morgan fingerprint density at radius 1 is 1.46 bits per heavy atom. The Morgan fingerprint density at radius 3 is 2.77 bits per heavy atom. The van der Waals surface area contributed by atoms with E-state index in [1.807, 2.05) is 19.1 Å². The molecule has 4 N–H and O–H groups in total. The fourth-order valence-corrected chi connectivity index (χ4v) is 1.05. The summed E-state index contributed by atoms with van der Waals surface area (Å²) in [5.41, 5.74) is 6.56. The van der Waals surface area contributed by atoms with Crippen LogP contribution in [0, 0.1) is 0 Å². The Kier molecular flexibility index (Phi) is 3.73. The molecule has 3 nitrogen and oxygen atoms in total. The Morgan fingerprint density at radius 2 is 2.15 bits per heavy atom. The highest BCUT2D eigenvalue weighted by molar-refractivity contribution is 5.31. The molecule has 3 heteroatoms. The van der Waals surface area contributed by atoms with Gasteiger partial charge >= 0.3 is 0 Å². The highest BCUT2D eigenvalue weighted by Gasteiger charge is 2.01. The summed E-state index contributed by atoms with van der Waals surface area (Å²) in [7, 11) is 0. The Balaban J connectivity index is 2.50. The smallest absolute Gasteiger partial charge is 0.120 e. The molecule has 1 aromatic carbocycles. The number of rotatable bonds is 4. The van der Waals surface area contributed by atoms with Gasteiger partial charge in [0.05, 0.1) is 6.17 Å². The number of phenols is 1. The largest absolute Gasteiger partial charge is 0.508 e. The predicted molar refractivity (Wildman–Crippen MR) is 53.2 cm³/mol. The first-order valence-corrected chi connectivity index (χ1v) is 4.50. The van der Waals surface area contributed by atoms with E-state index in [-0.39, 0.29) is 6.17 Å². The number of hydrogen-bond acceptors (Lipinski definition) is 3. The predicted octanol–water partition coefficient (Wildman–Crippen LogP) is 1.18. The third-order valence-electron chi connectivity index (χ3n) is 1.99. The maximum Gasteiger partial charge on any atom is 0.120 e. The second-order valence-corrected chi connectivity index (χ2v) is 3.02. The first-order chi connectivity index (χ1) is 6.24. The SMILES string of the molecule is CCC(N)NCc1ccccc1O. The molecule has 0 aliphatic carbocycles. The van der Waals surface area contributed by atoms with Crippen LogP contribution in [0.15, 0.2) is 24.3 Å². The first kappa shape index (κ1) is 10.0. The number of aromatic hydroxyl groups is 1. The average Bonchev–Trinajstić information content (AvgIpc) is 2.16. The first-order valence-electron chi connectivity index (χ1n) is 4.50. The van der Waals surface area contributed by atoms with E-state index in [0.717, 1.165) is 12.0 Å². The van der Waals surface area contributed by atoms with E-state index in [1.165, 1.54) is 0 Å². The summed E-state index contributed by atoms with van der Waals surface area (Å²) in [6, 6.07) is 7.26. The summed E-state index contributed by atoms with van der Waals surface area (Å²) in [4.78, 5) is 0. The lowest BCUT2D eigenvalue weighted by Crippen LogP contribution is -2.35. The third-order valence-corrected chi connectivity index (χ3v) is 1.99. The second kappa shape index (κ2) is 4.84. The van der Waals surface area contributed by atoms with Gasteiger partial charge in [-0.1, -0.05) is 25.1 Å². The van der Waals surface area contributed by atoms with Gasteiger partial charge in [-0.15, -0.1) is 0 Å². The van der Waals surface area contributed by atoms with E-state index in [9.17, 15) is 5.11 Å². The zero-order valence-corrected chi connectivity index (χ0v) is 7.83. The molecule has 0 fully saturated rings. The minimum absolute atomic E-state index is 0.000365. The molecule has 1 aromatic rings. The molecule has 0 radical (unpaired) electrons. The van der Waals surface area contributed by atoms with Gasteiger partial charge in [-0.05, 0) is 12.5 Å². The number of nitrogens with one attached hydrogen (secondary N) is 1. The van der Waals surface area contributed by atoms with Gasteiger partial charge in [-0.3, -0.25) is 5.32 Å². The van der Waals surface area contributed by atoms with Gasteiger partial charge < -0.3 is 10.8 Å². The highest BCUT2D eigenvalue weighted by atomic mass is 16.3. The van der Waals surface area contributed by atoms with Crippen LogP contribution in [-0.2, 0) is 6.54 Å². The molecule has 13 heavy (non-hydrogen) atoms. The lowest BCUT2D eigenvalue weighted by molar-refractivity contribution is 0.454. The average molecular weight is 180 g/mol. The Bertz CT molecular complexity index is 263. The number of para-hydroxylation sites is 1. The van der Waals surface area contributed by atoms with E-state index in [0.29, 0.717) is 12.3 Å². The van der Waals surface area contributed by atoms with Gasteiger partial charge in [0.1, 0.15) is 5.75 Å². The van der Waals surface area contributed by atoms with Gasteiger partial charge in [0.2, 0.25) is 0 Å². The van der Waals surface area contributed by atoms with Crippen molar-refractivity contribution in [2.75, 3.05) is 0 Å². The molecule has 0 aromatic heterocycles. The molecule has 0 saturated heterocycles. The van der Waals surface area contributed by atoms with E-state index in [4.69, 9.17) is 5.73 Å². The number of phenolic OH excluding ortho intramolecular Hbond substituents is 1. The lowest BCUT2D eigenvalue weighted by Gasteiger charge is -2.11. The summed E-state index contributed by atoms with van der Waals surface area (Å²) in [5, 5.41) is 12.5. The van der Waals surface area contributed by atoms with Crippen LogP contribution in [0.1, 0.15) is 18.9 Å². The molecule has 0 spiro atoms. The zero-order chi connectivity index (χ0) is 9.68. The maximum absolute atomic E-state index is 9.42. The van der Waals surface area contributed by atoms with Gasteiger partial charge in [-0.25, -0.2) is 0 Å². The van der Waals surface area contributed by atoms with Crippen molar-refractivity contribution in [2.45, 2.75) is 26.1 Å². The summed E-state index contributed by atoms with van der Waals surface area (Å²) in [6.45, 7) is 2.63. The molecule has 1 rings (SSSR count). The second-order valence-electron chi connectivity index (χ2n) is 3.02. The molecule has 0 aliphatic heterocycles. The summed E-state index contributed by atoms with van der Waals surface area (Å²) < 4.78 is 0. The lowest BCUT2D eigenvalue weighted by atomic mass is 10.2. The minimum Gasteiger partial charge on any atom is -0.508 e. The van der Waals surface area contributed by atoms with Crippen molar-refractivity contribution in [3.8, 4) is 5.75 Å². The highest BCUT2D eigenvalue weighted by Crippen LogP contribution is 2.14. The summed E-state index contributed by atoms with van der Waals surface area (Å²) in [5.74, 6) is 0.318. The molecule has 1 unspecified atom stereocenters. The Labute approximate surface area is 78.6 Å². The molecule has 0 bridgehead atoms. The van der Waals surface area contributed by atoms with Gasteiger partial charge in [0, 0.05) is 12.1 Å². The van der Waals surface area contributed by atoms with Crippen LogP contribution in [0.5, 0.6) is 5.75 Å². The van der Waals surface area contributed by atoms with Crippen LogP contribution in [0.25, 0.3) is 0 Å². The normalized spacial score (nSPS) is 12.8. The fourth-order valence-electron chi connectivity index (χ4n) is 1.05. The standard InChI is InChI=1S/C10H16N2O/c1-2-10(11)12-7-8-5-3-4-6-9(8)13/h3-6,10,12-13H,2,7,11H2,1H3. The van der Waals surface area contributed by atoms with Crippen molar-refractivity contribution in [2.24, 2.45) is 5.73 Å². The van der Waals surface area contributed by atoms with Crippen LogP contribution in [0.4, 0.5) is 0 Å². The molecule has 72 valence electrons. The zero-order valence-electron chi connectivity index (χ0n) is 7.83. The summed E-state index contributed by atoms with van der Waals surface area (Å²) >= 11 is 0. The van der Waals surface area contributed by atoms with Gasteiger partial charge in [-0.2, -0.15) is 0 Å². The molecular weight excluding hydrogens is 164 g/mol. The van der Waals surface area contributed by atoms with E-state index in [2.05, 4.69) is 5.32 Å². The molecule has 0 saturated carbocycles. The van der Waals surface area contributed by atoms with Crippen LogP contribution in [0.3, 0.4) is 0 Å². The van der Waals surface area contributed by atoms with E-state index >= 15 is 0 Å². The molecular formula is C10H16N2O. The van der Waals surface area contributed by atoms with Crippen molar-refractivity contribution < 1.29 is 5.11 Å². The third kappa shape index (κ3) is 3.05. The van der Waals surface area contributed by atoms with Crippen LogP contribution in [-0.4, -0.2) is 11.3 Å². The van der Waals surface area contributed by atoms with Crippen LogP contribution in [0.2, 0.25) is 0 Å². The minimum atomic E-state index is -0.000365. The quantitative estimate of drug-likeness (QED) is 0.610. The van der Waals surface area contributed by atoms with Crippen molar-refractivity contribution in [1.82, 2.24) is 5.32 Å². The Hall–Kier alpha value is -1.06. The topological polar surface area (TPSA) is 58.3 Å². The molecule has 0 amide bonds. The monoisotopic (exact) mass is 180 g/mol. The van der Waals surface area contributed by atoms with Crippen LogP contribution < -0.4 is 11.1 Å². The molecule has 1 atom stereocenters. The van der Waals surface area contributed by atoms with E-state index in [1.54, 1.807) is 12.1 Å². The van der Waals surface area contributed by atoms with Crippen molar-refractivity contribution in [3.63, 3.8) is 0 Å². The molecule has 0 aliphatic rings. The van der Waals surface area contributed by atoms with Crippen molar-refractivity contribution in [1.29, 1.82) is 0 Å². The van der Waals surface area contributed by atoms with Gasteiger partial charge in [0.15, 0.2) is 0 Å². The summed E-state index contributed by atoms with van der Waals surface area (Å²) in [6.07, 6.45) is 0.882. The van der Waals surface area contributed by atoms with E-state index < -0.39 is 0 Å². The number of nitrogens with two attached hydrogens (primary N) is 1. The van der Waals surface area contributed by atoms with Gasteiger partial charge in [0.25, 0.3) is 0 Å². The number of benzene rings is 1.